The summed E-state index contributed by atoms with van der Waals surface area (Å²) in [6.45, 7) is 3.94. The number of hydrogen-bond donors (Lipinski definition) is 3. The van der Waals surface area contributed by atoms with Crippen LogP contribution in [0.25, 0.3) is 0 Å². The molecule has 0 aromatic heterocycles. The minimum absolute atomic E-state index is 0.0671. The van der Waals surface area contributed by atoms with Gasteiger partial charge in [-0.2, -0.15) is 0 Å². The number of hydrogen-bond acceptors (Lipinski definition) is 6. The number of methoxy groups -OCH3 is 1. The van der Waals surface area contributed by atoms with Crippen LogP contribution in [-0.4, -0.2) is 45.4 Å². The third kappa shape index (κ3) is 11.5. The van der Waals surface area contributed by atoms with Crippen LogP contribution < -0.4 is 20.1 Å². The predicted octanol–water partition coefficient (Wildman–Crippen LogP) is 4.90. The predicted molar refractivity (Wildman–Crippen MR) is 160 cm³/mol. The normalized spacial score (nSPS) is 12.7. The third-order valence-electron chi connectivity index (χ3n) is 6.28. The number of alkyl carbamates (subject to hydrolysis) is 1. The summed E-state index contributed by atoms with van der Waals surface area (Å²) in [6.07, 6.45) is 0.579. The van der Waals surface area contributed by atoms with Gasteiger partial charge in [0.1, 0.15) is 18.4 Å². The molecule has 0 saturated carbocycles. The van der Waals surface area contributed by atoms with E-state index in [0.717, 1.165) is 11.1 Å². The van der Waals surface area contributed by atoms with E-state index in [1.807, 2.05) is 74.5 Å². The summed E-state index contributed by atoms with van der Waals surface area (Å²) in [5, 5.41) is 5.54. The molecule has 2 amide bonds. The monoisotopic (exact) mass is 581 g/mol. The smallest absolute Gasteiger partial charge is 0.408 e. The first-order chi connectivity index (χ1) is 19.6. The van der Waals surface area contributed by atoms with Crippen molar-refractivity contribution in [1.29, 1.82) is 0 Å². The summed E-state index contributed by atoms with van der Waals surface area (Å²) in [5.41, 5.74) is 2.23. The summed E-state index contributed by atoms with van der Waals surface area (Å²) in [6, 6.07) is 23.8. The fraction of sp³-hybridized carbons (Fsp3) is 0.355. The van der Waals surface area contributed by atoms with Crippen molar-refractivity contribution in [3.63, 3.8) is 0 Å². The van der Waals surface area contributed by atoms with Crippen LogP contribution in [0, 0.1) is 5.92 Å². The highest BCUT2D eigenvalue weighted by molar-refractivity contribution is 7.92. The van der Waals surface area contributed by atoms with E-state index in [4.69, 9.17) is 9.47 Å². The molecule has 0 unspecified atom stereocenters. The summed E-state index contributed by atoms with van der Waals surface area (Å²) in [5.74, 6) is -0.117. The fourth-order valence-electron chi connectivity index (χ4n) is 4.24. The molecule has 0 fully saturated rings. The molecule has 2 atom stereocenters. The minimum Gasteiger partial charge on any atom is -0.497 e. The molecule has 3 aromatic rings. The van der Waals surface area contributed by atoms with Crippen LogP contribution in [0.3, 0.4) is 0 Å². The third-order valence-corrected chi connectivity index (χ3v) is 7.67. The van der Waals surface area contributed by atoms with Crippen molar-refractivity contribution >= 4 is 27.7 Å². The lowest BCUT2D eigenvalue weighted by Gasteiger charge is -2.25. The van der Waals surface area contributed by atoms with Crippen LogP contribution in [0.4, 0.5) is 10.5 Å². The van der Waals surface area contributed by atoms with Gasteiger partial charge in [-0.25, -0.2) is 13.2 Å². The lowest BCUT2D eigenvalue weighted by atomic mass is 10.0. The molecule has 3 N–H and O–H groups in total. The molecule has 0 aliphatic heterocycles. The van der Waals surface area contributed by atoms with Crippen molar-refractivity contribution in [2.75, 3.05) is 17.6 Å². The van der Waals surface area contributed by atoms with Gasteiger partial charge in [0.2, 0.25) is 15.9 Å². The first kappa shape index (κ1) is 31.5. The van der Waals surface area contributed by atoms with E-state index in [1.54, 1.807) is 24.3 Å². The van der Waals surface area contributed by atoms with Gasteiger partial charge in [0.15, 0.2) is 0 Å². The zero-order valence-electron chi connectivity index (χ0n) is 23.7. The fourth-order valence-corrected chi connectivity index (χ4v) is 5.60. The maximum atomic E-state index is 13.4. The quantitative estimate of drug-likeness (QED) is 0.235. The minimum atomic E-state index is -3.83. The van der Waals surface area contributed by atoms with Gasteiger partial charge in [0, 0.05) is 11.7 Å². The number of amides is 2. The zero-order chi connectivity index (χ0) is 29.7. The highest BCUT2D eigenvalue weighted by Gasteiger charge is 2.27. The lowest BCUT2D eigenvalue weighted by molar-refractivity contribution is -0.124. The van der Waals surface area contributed by atoms with E-state index in [0.29, 0.717) is 30.7 Å². The largest absolute Gasteiger partial charge is 0.497 e. The molecule has 0 aliphatic rings. The lowest BCUT2D eigenvalue weighted by Crippen LogP contribution is -2.52. The number of anilines is 1. The number of aryl methyl sites for hydroxylation is 1. The Morgan fingerprint density at radius 2 is 1.44 bits per heavy atom. The Morgan fingerprint density at radius 3 is 2.02 bits per heavy atom. The van der Waals surface area contributed by atoms with Crippen LogP contribution in [0.5, 0.6) is 5.75 Å². The summed E-state index contributed by atoms with van der Waals surface area (Å²) in [7, 11) is -2.30. The Bertz CT molecular complexity index is 1330. The van der Waals surface area contributed by atoms with Gasteiger partial charge in [0.25, 0.3) is 0 Å². The van der Waals surface area contributed by atoms with Crippen molar-refractivity contribution in [3.05, 3.63) is 96.1 Å². The van der Waals surface area contributed by atoms with Crippen molar-refractivity contribution in [1.82, 2.24) is 10.6 Å². The Labute approximate surface area is 242 Å². The molecule has 3 aromatic carbocycles. The SMILES string of the molecule is COc1ccc(NS(=O)(=O)C[C@H](CCc2ccccc2)NC(=O)[C@H](CC(C)C)NC(=O)OCc2ccccc2)cc1. The van der Waals surface area contributed by atoms with Gasteiger partial charge in [-0.1, -0.05) is 74.5 Å². The van der Waals surface area contributed by atoms with Crippen molar-refractivity contribution in [2.45, 2.75) is 51.8 Å². The molecule has 41 heavy (non-hydrogen) atoms. The summed E-state index contributed by atoms with van der Waals surface area (Å²) in [4.78, 5) is 26.0. The van der Waals surface area contributed by atoms with Crippen LogP contribution >= 0.6 is 0 Å². The first-order valence-corrected chi connectivity index (χ1v) is 15.2. The molecular formula is C31H39N3O6S. The van der Waals surface area contributed by atoms with Crippen molar-refractivity contribution in [3.8, 4) is 5.75 Å². The second-order valence-corrected chi connectivity index (χ2v) is 12.0. The molecule has 3 rings (SSSR count). The van der Waals surface area contributed by atoms with E-state index < -0.39 is 34.1 Å². The van der Waals surface area contributed by atoms with Crippen molar-refractivity contribution in [2.24, 2.45) is 5.92 Å². The molecule has 0 heterocycles. The Morgan fingerprint density at radius 1 is 0.829 bits per heavy atom. The highest BCUT2D eigenvalue weighted by Crippen LogP contribution is 2.17. The molecule has 0 aliphatic carbocycles. The van der Waals surface area contributed by atoms with E-state index in [2.05, 4.69) is 15.4 Å². The van der Waals surface area contributed by atoms with Gasteiger partial charge in [-0.3, -0.25) is 9.52 Å². The molecule has 0 saturated heterocycles. The molecule has 220 valence electrons. The number of rotatable bonds is 15. The van der Waals surface area contributed by atoms with Crippen LogP contribution in [0.1, 0.15) is 37.8 Å². The molecule has 9 nitrogen and oxygen atoms in total. The van der Waals surface area contributed by atoms with Gasteiger partial charge >= 0.3 is 6.09 Å². The van der Waals surface area contributed by atoms with Gasteiger partial charge in [-0.15, -0.1) is 0 Å². The molecule has 10 heteroatoms. The second kappa shape index (κ2) is 15.7. The maximum absolute atomic E-state index is 13.4. The number of sulfonamides is 1. The average molecular weight is 582 g/mol. The number of carbonyl (C=O) groups excluding carboxylic acids is 2. The van der Waals surface area contributed by atoms with E-state index in [-0.39, 0.29) is 18.3 Å². The summed E-state index contributed by atoms with van der Waals surface area (Å²) < 4.78 is 39.3. The topological polar surface area (TPSA) is 123 Å². The van der Waals surface area contributed by atoms with Crippen LogP contribution in [0.2, 0.25) is 0 Å². The second-order valence-electron chi connectivity index (χ2n) is 10.2. The maximum Gasteiger partial charge on any atom is 0.408 e. The number of ether oxygens (including phenoxy) is 2. The zero-order valence-corrected chi connectivity index (χ0v) is 24.5. The van der Waals surface area contributed by atoms with E-state index in [1.165, 1.54) is 7.11 Å². The van der Waals surface area contributed by atoms with Crippen LogP contribution in [0.15, 0.2) is 84.9 Å². The first-order valence-electron chi connectivity index (χ1n) is 13.6. The highest BCUT2D eigenvalue weighted by atomic mass is 32.2. The van der Waals surface area contributed by atoms with Gasteiger partial charge in [0.05, 0.1) is 12.9 Å². The number of carbonyl (C=O) groups is 2. The molecule has 0 bridgehead atoms. The Balaban J connectivity index is 1.69. The number of benzene rings is 3. The molecular weight excluding hydrogens is 542 g/mol. The number of nitrogens with one attached hydrogen (secondary N) is 3. The van der Waals surface area contributed by atoms with Crippen LogP contribution in [-0.2, 0) is 32.6 Å². The van der Waals surface area contributed by atoms with Gasteiger partial charge in [-0.05, 0) is 60.6 Å². The Hall–Kier alpha value is -4.05. The molecule has 0 radical (unpaired) electrons. The Kier molecular flexibility index (Phi) is 12.0. The standard InChI is InChI=1S/C31H39N3O6S/c1-23(2)20-29(33-31(36)40-21-25-12-8-5-9-13-25)30(35)32-27(15-14-24-10-6-4-7-11-24)22-41(37,38)34-26-16-18-28(39-3)19-17-26/h4-13,16-19,23,27,29,34H,14-15,20-22H2,1-3H3,(H,32,35)(H,33,36)/t27-,29-/m0/s1. The summed E-state index contributed by atoms with van der Waals surface area (Å²) >= 11 is 0. The average Bonchev–Trinajstić information content (AvgIpc) is 2.95. The van der Waals surface area contributed by atoms with E-state index in [9.17, 15) is 18.0 Å². The van der Waals surface area contributed by atoms with Gasteiger partial charge < -0.3 is 20.1 Å². The van der Waals surface area contributed by atoms with E-state index >= 15 is 0 Å². The molecule has 0 spiro atoms. The van der Waals surface area contributed by atoms with Crippen molar-refractivity contribution < 1.29 is 27.5 Å².